The largest absolute Gasteiger partial charge is 0.467 e. The zero-order chi connectivity index (χ0) is 22.3. The van der Waals surface area contributed by atoms with E-state index < -0.39 is 29.8 Å². The third-order valence-electron chi connectivity index (χ3n) is 6.50. The van der Waals surface area contributed by atoms with E-state index in [2.05, 4.69) is 5.32 Å². The zero-order valence-electron chi connectivity index (χ0n) is 18.0. The fourth-order valence-electron chi connectivity index (χ4n) is 4.71. The predicted molar refractivity (Wildman–Crippen MR) is 114 cm³/mol. The van der Waals surface area contributed by atoms with Crippen LogP contribution in [0.4, 0.5) is 9.59 Å². The van der Waals surface area contributed by atoms with Crippen molar-refractivity contribution in [3.8, 4) is 0 Å². The standard InChI is InChI=1S/C23H32N2O6/c1-30-20(26)19(16-17-8-4-2-5-9-17)24-21(27)31-23(18-10-6-3-7-11-18)12-14-25(15-13-23)22(28)29/h3,6-7,10-11,17,19H,2,4-5,8-9,12-16H2,1H3,(H,24,27)(H,28,29). The molecule has 0 bridgehead atoms. The molecule has 1 aliphatic heterocycles. The highest BCUT2D eigenvalue weighted by Crippen LogP contribution is 2.37. The van der Waals surface area contributed by atoms with Gasteiger partial charge in [-0.1, -0.05) is 62.4 Å². The number of hydrogen-bond donors (Lipinski definition) is 2. The number of esters is 1. The Hall–Kier alpha value is -2.77. The summed E-state index contributed by atoms with van der Waals surface area (Å²) in [6.07, 6.45) is 5.15. The highest BCUT2D eigenvalue weighted by atomic mass is 16.6. The third-order valence-corrected chi connectivity index (χ3v) is 6.50. The van der Waals surface area contributed by atoms with Crippen LogP contribution in [-0.4, -0.2) is 54.4 Å². The lowest BCUT2D eigenvalue weighted by atomic mass is 9.84. The van der Waals surface area contributed by atoms with Crippen LogP contribution in [0.25, 0.3) is 0 Å². The Morgan fingerprint density at radius 1 is 1.13 bits per heavy atom. The first-order valence-corrected chi connectivity index (χ1v) is 11.0. The number of carbonyl (C=O) groups excluding carboxylic acids is 2. The van der Waals surface area contributed by atoms with Gasteiger partial charge in [0.15, 0.2) is 0 Å². The van der Waals surface area contributed by atoms with Gasteiger partial charge in [-0.15, -0.1) is 0 Å². The second-order valence-electron chi connectivity index (χ2n) is 8.48. The molecule has 1 saturated heterocycles. The first-order chi connectivity index (χ1) is 14.9. The molecule has 1 aliphatic carbocycles. The van der Waals surface area contributed by atoms with E-state index in [1.54, 1.807) is 0 Å². The van der Waals surface area contributed by atoms with Gasteiger partial charge >= 0.3 is 18.2 Å². The summed E-state index contributed by atoms with van der Waals surface area (Å²) in [6.45, 7) is 0.528. The number of hydrogen-bond acceptors (Lipinski definition) is 5. The molecule has 1 unspecified atom stereocenters. The molecular weight excluding hydrogens is 400 g/mol. The summed E-state index contributed by atoms with van der Waals surface area (Å²) < 4.78 is 10.8. The monoisotopic (exact) mass is 432 g/mol. The zero-order valence-corrected chi connectivity index (χ0v) is 18.0. The van der Waals surface area contributed by atoms with Crippen LogP contribution in [0.3, 0.4) is 0 Å². The van der Waals surface area contributed by atoms with Crippen LogP contribution in [0.15, 0.2) is 30.3 Å². The topological polar surface area (TPSA) is 105 Å². The van der Waals surface area contributed by atoms with Crippen molar-refractivity contribution in [1.29, 1.82) is 0 Å². The summed E-state index contributed by atoms with van der Waals surface area (Å²) >= 11 is 0. The van der Waals surface area contributed by atoms with E-state index in [1.165, 1.54) is 18.4 Å². The molecule has 3 rings (SSSR count). The number of benzene rings is 1. The molecule has 0 spiro atoms. The molecule has 2 aliphatic rings. The number of ether oxygens (including phenoxy) is 2. The lowest BCUT2D eigenvalue weighted by molar-refractivity contribution is -0.143. The van der Waals surface area contributed by atoms with Gasteiger partial charge in [0.2, 0.25) is 0 Å². The Bertz CT molecular complexity index is 755. The van der Waals surface area contributed by atoms with Gasteiger partial charge < -0.3 is 24.8 Å². The summed E-state index contributed by atoms with van der Waals surface area (Å²) in [6, 6.07) is 8.60. The van der Waals surface area contributed by atoms with Crippen LogP contribution in [0.2, 0.25) is 0 Å². The van der Waals surface area contributed by atoms with E-state index in [-0.39, 0.29) is 13.1 Å². The minimum Gasteiger partial charge on any atom is -0.467 e. The van der Waals surface area contributed by atoms with Gasteiger partial charge in [-0.05, 0) is 17.9 Å². The van der Waals surface area contributed by atoms with Crippen molar-refractivity contribution in [3.05, 3.63) is 35.9 Å². The van der Waals surface area contributed by atoms with E-state index in [9.17, 15) is 19.5 Å². The maximum Gasteiger partial charge on any atom is 0.408 e. The first kappa shape index (κ1) is 22.9. The summed E-state index contributed by atoms with van der Waals surface area (Å²) in [5.74, 6) is -0.1000. The third kappa shape index (κ3) is 5.89. The van der Waals surface area contributed by atoms with Gasteiger partial charge in [-0.3, -0.25) is 0 Å². The highest BCUT2D eigenvalue weighted by molar-refractivity contribution is 5.81. The fraction of sp³-hybridized carbons (Fsp3) is 0.609. The lowest BCUT2D eigenvalue weighted by Gasteiger charge is -2.40. The number of alkyl carbamates (subject to hydrolysis) is 1. The Morgan fingerprint density at radius 2 is 1.77 bits per heavy atom. The molecule has 31 heavy (non-hydrogen) atoms. The highest BCUT2D eigenvalue weighted by Gasteiger charge is 2.41. The molecule has 1 aromatic carbocycles. The van der Waals surface area contributed by atoms with Crippen LogP contribution < -0.4 is 5.32 Å². The molecule has 8 nitrogen and oxygen atoms in total. The average molecular weight is 433 g/mol. The molecule has 1 saturated carbocycles. The normalized spacial score (nSPS) is 19.8. The molecular formula is C23H32N2O6. The number of rotatable bonds is 6. The maximum absolute atomic E-state index is 12.9. The molecule has 1 heterocycles. The number of methoxy groups -OCH3 is 1. The van der Waals surface area contributed by atoms with E-state index in [0.29, 0.717) is 25.2 Å². The minimum absolute atomic E-state index is 0.264. The van der Waals surface area contributed by atoms with Crippen LogP contribution >= 0.6 is 0 Å². The molecule has 1 aromatic rings. The molecule has 8 heteroatoms. The fourth-order valence-corrected chi connectivity index (χ4v) is 4.71. The summed E-state index contributed by atoms with van der Waals surface area (Å²) in [5, 5.41) is 12.0. The molecule has 170 valence electrons. The summed E-state index contributed by atoms with van der Waals surface area (Å²) in [7, 11) is 1.32. The van der Waals surface area contributed by atoms with Gasteiger partial charge in [0.25, 0.3) is 0 Å². The summed E-state index contributed by atoms with van der Waals surface area (Å²) in [5.41, 5.74) is -0.125. The molecule has 2 amide bonds. The van der Waals surface area contributed by atoms with Crippen molar-refractivity contribution in [2.24, 2.45) is 5.92 Å². The van der Waals surface area contributed by atoms with E-state index >= 15 is 0 Å². The SMILES string of the molecule is COC(=O)C(CC1CCCCC1)NC(=O)OC1(c2ccccc2)CCN(C(=O)O)CC1. The van der Waals surface area contributed by atoms with Crippen molar-refractivity contribution in [1.82, 2.24) is 10.2 Å². The van der Waals surface area contributed by atoms with Gasteiger partial charge in [0.05, 0.1) is 7.11 Å². The molecule has 0 aromatic heterocycles. The van der Waals surface area contributed by atoms with Gasteiger partial charge in [0, 0.05) is 25.9 Å². The number of nitrogens with zero attached hydrogens (tertiary/aromatic N) is 1. The van der Waals surface area contributed by atoms with Crippen LogP contribution in [-0.2, 0) is 19.9 Å². The Balaban J connectivity index is 1.71. The van der Waals surface area contributed by atoms with E-state index in [0.717, 1.165) is 31.2 Å². The molecule has 2 N–H and O–H groups in total. The van der Waals surface area contributed by atoms with E-state index in [1.807, 2.05) is 30.3 Å². The number of piperidine rings is 1. The Labute approximate surface area is 182 Å². The molecule has 1 atom stereocenters. The smallest absolute Gasteiger partial charge is 0.408 e. The number of carboxylic acid groups (broad SMARTS) is 1. The minimum atomic E-state index is -0.982. The van der Waals surface area contributed by atoms with Crippen LogP contribution in [0.1, 0.15) is 56.9 Å². The van der Waals surface area contributed by atoms with Crippen molar-refractivity contribution >= 4 is 18.2 Å². The number of likely N-dealkylation sites (tertiary alicyclic amines) is 1. The van der Waals surface area contributed by atoms with Gasteiger partial charge in [-0.2, -0.15) is 0 Å². The first-order valence-electron chi connectivity index (χ1n) is 11.0. The Morgan fingerprint density at radius 3 is 2.35 bits per heavy atom. The molecule has 2 fully saturated rings. The molecule has 0 radical (unpaired) electrons. The van der Waals surface area contributed by atoms with Crippen molar-refractivity contribution < 1.29 is 29.0 Å². The lowest BCUT2D eigenvalue weighted by Crippen LogP contribution is -2.50. The number of carbonyl (C=O) groups is 3. The van der Waals surface area contributed by atoms with Crippen molar-refractivity contribution in [3.63, 3.8) is 0 Å². The quantitative estimate of drug-likeness (QED) is 0.661. The van der Waals surface area contributed by atoms with Gasteiger partial charge in [0.1, 0.15) is 11.6 Å². The van der Waals surface area contributed by atoms with Crippen molar-refractivity contribution in [2.75, 3.05) is 20.2 Å². The predicted octanol–water partition coefficient (Wildman–Crippen LogP) is 3.89. The van der Waals surface area contributed by atoms with Crippen LogP contribution in [0, 0.1) is 5.92 Å². The van der Waals surface area contributed by atoms with Crippen molar-refractivity contribution in [2.45, 2.75) is 63.0 Å². The maximum atomic E-state index is 12.9. The van der Waals surface area contributed by atoms with Gasteiger partial charge in [-0.25, -0.2) is 14.4 Å². The van der Waals surface area contributed by atoms with Crippen LogP contribution in [0.5, 0.6) is 0 Å². The average Bonchev–Trinajstić information content (AvgIpc) is 2.79. The Kier molecular flexibility index (Phi) is 7.76. The number of amides is 2. The summed E-state index contributed by atoms with van der Waals surface area (Å²) in [4.78, 5) is 37.9. The van der Waals surface area contributed by atoms with E-state index in [4.69, 9.17) is 9.47 Å². The second-order valence-corrected chi connectivity index (χ2v) is 8.48. The second kappa shape index (κ2) is 10.5. The number of nitrogens with one attached hydrogen (secondary N) is 1.